The molecule has 2 aromatic carbocycles. The highest BCUT2D eigenvalue weighted by Crippen LogP contribution is 2.43. The van der Waals surface area contributed by atoms with Gasteiger partial charge in [-0.05, 0) is 19.2 Å². The van der Waals surface area contributed by atoms with E-state index in [4.69, 9.17) is 21.2 Å². The Kier molecular flexibility index (Phi) is 5.30. The largest absolute Gasteiger partial charge is 0.494 e. The number of rotatable bonds is 4. The van der Waals surface area contributed by atoms with E-state index in [9.17, 15) is 0 Å². The molecule has 1 saturated heterocycles. The summed E-state index contributed by atoms with van der Waals surface area (Å²) in [6, 6.07) is 12.1. The summed E-state index contributed by atoms with van der Waals surface area (Å²) in [5, 5.41) is 1.13. The van der Waals surface area contributed by atoms with Crippen LogP contribution in [0.3, 0.4) is 0 Å². The van der Waals surface area contributed by atoms with E-state index in [0.717, 1.165) is 54.0 Å². The molecule has 0 amide bonds. The van der Waals surface area contributed by atoms with Crippen LogP contribution in [0.15, 0.2) is 48.8 Å². The summed E-state index contributed by atoms with van der Waals surface area (Å²) < 4.78 is 7.72. The SMILES string of the molecule is COc1cc(N2CCN(C)CC2)c(N)c(-c2nccc(-c3cn(C)c4ccccc34)n2)c1N. The highest BCUT2D eigenvalue weighted by atomic mass is 16.5. The number of aromatic nitrogens is 3. The van der Waals surface area contributed by atoms with E-state index in [2.05, 4.69) is 44.7 Å². The van der Waals surface area contributed by atoms with Crippen molar-refractivity contribution in [3.8, 4) is 28.4 Å². The summed E-state index contributed by atoms with van der Waals surface area (Å²) in [6.45, 7) is 3.69. The van der Waals surface area contributed by atoms with Crippen molar-refractivity contribution in [2.24, 2.45) is 7.05 Å². The van der Waals surface area contributed by atoms with Crippen molar-refractivity contribution in [1.82, 2.24) is 19.4 Å². The second-order valence-corrected chi connectivity index (χ2v) is 8.53. The van der Waals surface area contributed by atoms with E-state index in [1.807, 2.05) is 31.3 Å². The molecule has 1 fully saturated rings. The van der Waals surface area contributed by atoms with Gasteiger partial charge in [0.15, 0.2) is 5.82 Å². The number of nitrogen functional groups attached to an aromatic ring is 2. The molecule has 4 N–H and O–H groups in total. The molecule has 0 saturated carbocycles. The number of hydrogen-bond acceptors (Lipinski definition) is 7. The number of para-hydroxylation sites is 1. The fourth-order valence-electron chi connectivity index (χ4n) is 4.57. The quantitative estimate of drug-likeness (QED) is 0.467. The van der Waals surface area contributed by atoms with Crippen LogP contribution in [0.25, 0.3) is 33.5 Å². The second-order valence-electron chi connectivity index (χ2n) is 8.53. The molecule has 5 rings (SSSR count). The van der Waals surface area contributed by atoms with Gasteiger partial charge in [-0.1, -0.05) is 18.2 Å². The van der Waals surface area contributed by atoms with Gasteiger partial charge in [0, 0.05) is 68.2 Å². The molecular weight excluding hydrogens is 414 g/mol. The van der Waals surface area contributed by atoms with Crippen LogP contribution < -0.4 is 21.1 Å². The third kappa shape index (κ3) is 3.62. The predicted octanol–water partition coefficient (Wildman–Crippen LogP) is 3.23. The number of nitrogens with two attached hydrogens (primary N) is 2. The third-order valence-electron chi connectivity index (χ3n) is 6.46. The lowest BCUT2D eigenvalue weighted by Gasteiger charge is -2.35. The first kappa shape index (κ1) is 21.1. The monoisotopic (exact) mass is 443 g/mol. The van der Waals surface area contributed by atoms with Crippen molar-refractivity contribution in [3.63, 3.8) is 0 Å². The molecule has 0 spiro atoms. The lowest BCUT2D eigenvalue weighted by atomic mass is 10.0. The van der Waals surface area contributed by atoms with Crippen LogP contribution in [0.2, 0.25) is 0 Å². The van der Waals surface area contributed by atoms with Gasteiger partial charge in [0.25, 0.3) is 0 Å². The fraction of sp³-hybridized carbons (Fsp3) is 0.280. The van der Waals surface area contributed by atoms with Crippen LogP contribution in [0, 0.1) is 0 Å². The van der Waals surface area contributed by atoms with Crippen LogP contribution in [0.1, 0.15) is 0 Å². The highest BCUT2D eigenvalue weighted by molar-refractivity contribution is 5.97. The predicted molar refractivity (Wildman–Crippen MR) is 134 cm³/mol. The summed E-state index contributed by atoms with van der Waals surface area (Å²) in [7, 11) is 5.78. The maximum absolute atomic E-state index is 6.71. The van der Waals surface area contributed by atoms with Crippen molar-refractivity contribution in [2.75, 3.05) is 56.7 Å². The number of aryl methyl sites for hydroxylation is 1. The maximum atomic E-state index is 6.71. The summed E-state index contributed by atoms with van der Waals surface area (Å²) in [4.78, 5) is 14.0. The molecule has 1 aliphatic heterocycles. The highest BCUT2D eigenvalue weighted by Gasteiger charge is 2.24. The smallest absolute Gasteiger partial charge is 0.164 e. The Bertz CT molecular complexity index is 1320. The van der Waals surface area contributed by atoms with Gasteiger partial charge in [-0.2, -0.15) is 0 Å². The number of methoxy groups -OCH3 is 1. The van der Waals surface area contributed by atoms with Crippen LogP contribution in [0.5, 0.6) is 5.75 Å². The number of nitrogens with zero attached hydrogens (tertiary/aromatic N) is 5. The Labute approximate surface area is 193 Å². The first-order chi connectivity index (χ1) is 16.0. The zero-order valence-electron chi connectivity index (χ0n) is 19.2. The van der Waals surface area contributed by atoms with Gasteiger partial charge in [-0.25, -0.2) is 9.97 Å². The number of hydrogen-bond donors (Lipinski definition) is 2. The van der Waals surface area contributed by atoms with Gasteiger partial charge in [-0.3, -0.25) is 0 Å². The number of fused-ring (bicyclic) bond motifs is 1. The average Bonchev–Trinajstić information content (AvgIpc) is 3.17. The van der Waals surface area contributed by atoms with E-state index in [1.165, 1.54) is 0 Å². The normalized spacial score (nSPS) is 14.7. The Balaban J connectivity index is 1.64. The van der Waals surface area contributed by atoms with Crippen molar-refractivity contribution in [2.45, 2.75) is 0 Å². The van der Waals surface area contributed by atoms with Crippen molar-refractivity contribution >= 4 is 28.0 Å². The standard InChI is InChI=1S/C25H29N7O/c1-30-10-12-32(13-11-30)20-14-21(33-3)24(27)22(23(20)26)25-28-9-8-18(29-25)17-15-31(2)19-7-5-4-6-16(17)19/h4-9,14-15H,10-13,26-27H2,1-3H3. The number of anilines is 3. The first-order valence-corrected chi connectivity index (χ1v) is 11.0. The van der Waals surface area contributed by atoms with Gasteiger partial charge in [0.1, 0.15) is 5.75 Å². The van der Waals surface area contributed by atoms with Crippen LogP contribution >= 0.6 is 0 Å². The molecule has 0 radical (unpaired) electrons. The Hall–Kier alpha value is -3.78. The first-order valence-electron chi connectivity index (χ1n) is 11.0. The zero-order chi connectivity index (χ0) is 23.1. The van der Waals surface area contributed by atoms with Crippen molar-refractivity contribution in [3.05, 3.63) is 48.8 Å². The van der Waals surface area contributed by atoms with E-state index in [-0.39, 0.29) is 0 Å². The van der Waals surface area contributed by atoms with Crippen molar-refractivity contribution in [1.29, 1.82) is 0 Å². The molecule has 1 aliphatic rings. The van der Waals surface area contributed by atoms with E-state index >= 15 is 0 Å². The van der Waals surface area contributed by atoms with E-state index < -0.39 is 0 Å². The number of ether oxygens (including phenoxy) is 1. The Morgan fingerprint density at radius 2 is 1.73 bits per heavy atom. The molecule has 33 heavy (non-hydrogen) atoms. The van der Waals surface area contributed by atoms with Gasteiger partial charge in [-0.15, -0.1) is 0 Å². The lowest BCUT2D eigenvalue weighted by molar-refractivity contribution is 0.313. The van der Waals surface area contributed by atoms with Gasteiger partial charge in [0.05, 0.1) is 35.4 Å². The van der Waals surface area contributed by atoms with E-state index in [1.54, 1.807) is 13.3 Å². The molecule has 0 bridgehead atoms. The fourth-order valence-corrected chi connectivity index (χ4v) is 4.57. The minimum absolute atomic E-state index is 0.447. The number of likely N-dealkylation sites (N-methyl/N-ethyl adjacent to an activating group) is 1. The van der Waals surface area contributed by atoms with Gasteiger partial charge < -0.3 is 30.6 Å². The summed E-state index contributed by atoms with van der Waals surface area (Å²) in [5.41, 5.74) is 18.8. The third-order valence-corrected chi connectivity index (χ3v) is 6.46. The van der Waals surface area contributed by atoms with E-state index in [0.29, 0.717) is 28.5 Å². The number of piperazine rings is 1. The lowest BCUT2D eigenvalue weighted by Crippen LogP contribution is -2.44. The molecule has 3 heterocycles. The Morgan fingerprint density at radius 3 is 2.48 bits per heavy atom. The minimum Gasteiger partial charge on any atom is -0.494 e. The van der Waals surface area contributed by atoms with Crippen LogP contribution in [-0.2, 0) is 7.05 Å². The molecule has 8 heteroatoms. The average molecular weight is 444 g/mol. The molecule has 0 unspecified atom stereocenters. The topological polar surface area (TPSA) is 98.5 Å². The molecule has 8 nitrogen and oxygen atoms in total. The molecule has 0 aliphatic carbocycles. The molecule has 170 valence electrons. The number of benzene rings is 2. The molecular formula is C25H29N7O. The minimum atomic E-state index is 0.447. The zero-order valence-corrected chi connectivity index (χ0v) is 19.2. The van der Waals surface area contributed by atoms with Crippen molar-refractivity contribution < 1.29 is 4.74 Å². The van der Waals surface area contributed by atoms with Crippen LogP contribution in [-0.4, -0.2) is 59.8 Å². The summed E-state index contributed by atoms with van der Waals surface area (Å²) in [6.07, 6.45) is 3.85. The molecule has 0 atom stereocenters. The maximum Gasteiger partial charge on any atom is 0.164 e. The summed E-state index contributed by atoms with van der Waals surface area (Å²) >= 11 is 0. The summed E-state index contributed by atoms with van der Waals surface area (Å²) in [5.74, 6) is 1.07. The Morgan fingerprint density at radius 1 is 0.970 bits per heavy atom. The van der Waals surface area contributed by atoms with Crippen LogP contribution in [0.4, 0.5) is 17.1 Å². The molecule has 4 aromatic rings. The van der Waals surface area contributed by atoms with Gasteiger partial charge in [0.2, 0.25) is 0 Å². The molecule has 2 aromatic heterocycles. The second kappa shape index (κ2) is 8.29. The van der Waals surface area contributed by atoms with Gasteiger partial charge >= 0.3 is 0 Å².